The van der Waals surface area contributed by atoms with Crippen molar-refractivity contribution in [3.63, 3.8) is 0 Å². The molecule has 0 aliphatic heterocycles. The van der Waals surface area contributed by atoms with Crippen LogP contribution in [0.2, 0.25) is 0 Å². The molecule has 0 saturated heterocycles. The van der Waals surface area contributed by atoms with Crippen LogP contribution >= 0.6 is 0 Å². The van der Waals surface area contributed by atoms with Crippen LogP contribution in [0.25, 0.3) is 0 Å². The lowest BCUT2D eigenvalue weighted by Gasteiger charge is -1.97. The van der Waals surface area contributed by atoms with Gasteiger partial charge in [-0.25, -0.2) is 4.79 Å². The third-order valence-corrected chi connectivity index (χ3v) is 2.06. The highest BCUT2D eigenvalue weighted by Gasteiger charge is 2.40. The van der Waals surface area contributed by atoms with Crippen molar-refractivity contribution in [2.75, 3.05) is 0 Å². The molecule has 1 N–H and O–H groups in total. The maximum atomic E-state index is 11.1. The molecule has 0 spiro atoms. The van der Waals surface area contributed by atoms with Crippen molar-refractivity contribution >= 4 is 11.8 Å². The van der Waals surface area contributed by atoms with E-state index in [2.05, 4.69) is 5.32 Å². The van der Waals surface area contributed by atoms with Gasteiger partial charge in [0.05, 0.1) is 5.92 Å². The van der Waals surface area contributed by atoms with Gasteiger partial charge < -0.3 is 5.32 Å². The summed E-state index contributed by atoms with van der Waals surface area (Å²) in [6, 6.07) is 0.399. The third-order valence-electron chi connectivity index (χ3n) is 2.06. The highest BCUT2D eigenvalue weighted by molar-refractivity contribution is 5.90. The van der Waals surface area contributed by atoms with Gasteiger partial charge in [0.2, 0.25) is 5.91 Å². The van der Waals surface area contributed by atoms with E-state index >= 15 is 0 Å². The molecule has 0 radical (unpaired) electrons. The molecule has 58 valence electrons. The molecule has 1 unspecified atom stereocenters. The number of nitrogens with one attached hydrogen (secondary N) is 1. The van der Waals surface area contributed by atoms with Gasteiger partial charge in [0.1, 0.15) is 5.94 Å². The lowest BCUT2D eigenvalue weighted by atomic mass is 10.4. The Bertz CT molecular complexity index is 249. The molecule has 0 aromatic rings. The van der Waals surface area contributed by atoms with Crippen LogP contribution in [0.4, 0.5) is 0 Å². The average molecular weight is 151 g/mol. The first-order valence-electron chi connectivity index (χ1n) is 3.85. The fourth-order valence-electron chi connectivity index (χ4n) is 1.05. The van der Waals surface area contributed by atoms with Crippen LogP contribution in [0.15, 0.2) is 5.57 Å². The highest BCUT2D eigenvalue weighted by Crippen LogP contribution is 2.35. The van der Waals surface area contributed by atoms with Crippen LogP contribution in [-0.4, -0.2) is 17.9 Å². The molecule has 0 aromatic heterocycles. The van der Waals surface area contributed by atoms with Crippen LogP contribution in [-0.2, 0) is 9.59 Å². The SMILES string of the molecule is O=C=C1CC1C(=O)NC1CC1. The zero-order valence-corrected chi connectivity index (χ0v) is 6.09. The van der Waals surface area contributed by atoms with Crippen molar-refractivity contribution in [1.29, 1.82) is 0 Å². The second-order valence-electron chi connectivity index (χ2n) is 3.17. The van der Waals surface area contributed by atoms with E-state index in [-0.39, 0.29) is 11.8 Å². The Morgan fingerprint density at radius 3 is 2.73 bits per heavy atom. The molecule has 2 rings (SSSR count). The summed E-state index contributed by atoms with van der Waals surface area (Å²) in [6.45, 7) is 0. The van der Waals surface area contributed by atoms with Gasteiger partial charge in [-0.2, -0.15) is 0 Å². The van der Waals surface area contributed by atoms with Gasteiger partial charge >= 0.3 is 0 Å². The Labute approximate surface area is 64.5 Å². The molecule has 2 aliphatic rings. The minimum atomic E-state index is -0.131. The summed E-state index contributed by atoms with van der Waals surface area (Å²) >= 11 is 0. The highest BCUT2D eigenvalue weighted by atomic mass is 16.2. The Hall–Kier alpha value is -1.08. The minimum absolute atomic E-state index is 0.0193. The van der Waals surface area contributed by atoms with Crippen molar-refractivity contribution in [3.8, 4) is 0 Å². The molecule has 0 aromatic carbocycles. The van der Waals surface area contributed by atoms with Gasteiger partial charge in [-0.3, -0.25) is 4.79 Å². The van der Waals surface area contributed by atoms with Crippen LogP contribution in [0.3, 0.4) is 0 Å². The van der Waals surface area contributed by atoms with E-state index in [9.17, 15) is 9.59 Å². The molecule has 2 saturated carbocycles. The number of amides is 1. The normalized spacial score (nSPS) is 27.6. The fourth-order valence-corrected chi connectivity index (χ4v) is 1.05. The van der Waals surface area contributed by atoms with E-state index < -0.39 is 0 Å². The first-order chi connectivity index (χ1) is 5.31. The molecule has 3 nitrogen and oxygen atoms in total. The summed E-state index contributed by atoms with van der Waals surface area (Å²) < 4.78 is 0. The summed E-state index contributed by atoms with van der Waals surface area (Å²) in [6.07, 6.45) is 2.82. The van der Waals surface area contributed by atoms with Gasteiger partial charge in [-0.05, 0) is 19.3 Å². The van der Waals surface area contributed by atoms with Crippen LogP contribution < -0.4 is 5.32 Å². The van der Waals surface area contributed by atoms with E-state index in [1.165, 1.54) is 0 Å². The Kier molecular flexibility index (Phi) is 1.33. The minimum Gasteiger partial charge on any atom is -0.353 e. The molecule has 0 bridgehead atoms. The number of carbonyl (C=O) groups is 1. The molecule has 2 fully saturated rings. The first kappa shape index (κ1) is 6.62. The lowest BCUT2D eigenvalue weighted by Crippen LogP contribution is -2.26. The molecular weight excluding hydrogens is 142 g/mol. The van der Waals surface area contributed by atoms with Crippen LogP contribution in [0.1, 0.15) is 19.3 Å². The summed E-state index contributed by atoms with van der Waals surface area (Å²) in [5.74, 6) is 1.66. The van der Waals surface area contributed by atoms with Crippen molar-refractivity contribution in [2.45, 2.75) is 25.3 Å². The Balaban J connectivity index is 1.86. The van der Waals surface area contributed by atoms with Gasteiger partial charge in [0, 0.05) is 11.6 Å². The standard InChI is InChI=1S/C8H9NO2/c10-4-5-3-7(5)8(11)9-6-1-2-6/h6-7H,1-3H2,(H,9,11). The Morgan fingerprint density at radius 2 is 2.27 bits per heavy atom. The van der Waals surface area contributed by atoms with E-state index in [1.807, 2.05) is 0 Å². The molecule has 2 aliphatic carbocycles. The van der Waals surface area contributed by atoms with E-state index in [0.29, 0.717) is 18.0 Å². The molecule has 0 heterocycles. The summed E-state index contributed by atoms with van der Waals surface area (Å²) in [5.41, 5.74) is 0.628. The predicted molar refractivity (Wildman–Crippen MR) is 38.5 cm³/mol. The zero-order valence-electron chi connectivity index (χ0n) is 6.09. The smallest absolute Gasteiger partial charge is 0.228 e. The topological polar surface area (TPSA) is 46.2 Å². The predicted octanol–water partition coefficient (Wildman–Crippen LogP) is 0.0429. The van der Waals surface area contributed by atoms with Crippen molar-refractivity contribution in [3.05, 3.63) is 5.57 Å². The maximum Gasteiger partial charge on any atom is 0.228 e. The van der Waals surface area contributed by atoms with E-state index in [1.54, 1.807) is 5.94 Å². The van der Waals surface area contributed by atoms with Gasteiger partial charge in [0.25, 0.3) is 0 Å². The lowest BCUT2D eigenvalue weighted by molar-refractivity contribution is -0.122. The maximum absolute atomic E-state index is 11.1. The van der Waals surface area contributed by atoms with Crippen molar-refractivity contribution in [2.24, 2.45) is 5.92 Å². The third kappa shape index (κ3) is 1.33. The van der Waals surface area contributed by atoms with Crippen LogP contribution in [0.5, 0.6) is 0 Å². The number of rotatable bonds is 2. The van der Waals surface area contributed by atoms with Crippen LogP contribution in [0, 0.1) is 5.92 Å². The molecule has 1 atom stereocenters. The quantitative estimate of drug-likeness (QED) is 0.566. The van der Waals surface area contributed by atoms with Gasteiger partial charge in [0.15, 0.2) is 0 Å². The second kappa shape index (κ2) is 2.21. The average Bonchev–Trinajstić information content (AvgIpc) is 2.82. The van der Waals surface area contributed by atoms with Gasteiger partial charge in [-0.1, -0.05) is 0 Å². The Morgan fingerprint density at radius 1 is 1.55 bits per heavy atom. The van der Waals surface area contributed by atoms with Gasteiger partial charge in [-0.15, -0.1) is 0 Å². The van der Waals surface area contributed by atoms with E-state index in [0.717, 1.165) is 12.8 Å². The second-order valence-corrected chi connectivity index (χ2v) is 3.17. The van der Waals surface area contributed by atoms with Crippen molar-refractivity contribution in [1.82, 2.24) is 5.32 Å². The molecule has 1 amide bonds. The molecular formula is C8H9NO2. The zero-order chi connectivity index (χ0) is 7.84. The molecule has 3 heteroatoms. The first-order valence-corrected chi connectivity index (χ1v) is 3.85. The van der Waals surface area contributed by atoms with E-state index in [4.69, 9.17) is 0 Å². The summed E-state index contributed by atoms with van der Waals surface area (Å²) in [5, 5.41) is 2.84. The summed E-state index contributed by atoms with van der Waals surface area (Å²) in [4.78, 5) is 21.2. The monoisotopic (exact) mass is 151 g/mol. The number of carbonyl (C=O) groups excluding carboxylic acids is 2. The molecule has 11 heavy (non-hydrogen) atoms. The summed E-state index contributed by atoms with van der Waals surface area (Å²) in [7, 11) is 0. The number of hydrogen-bond donors (Lipinski definition) is 1. The fraction of sp³-hybridized carbons (Fsp3) is 0.625. The number of hydrogen-bond acceptors (Lipinski definition) is 2. The largest absolute Gasteiger partial charge is 0.353 e. The van der Waals surface area contributed by atoms with Crippen molar-refractivity contribution < 1.29 is 9.59 Å².